The number of hydrogen-bond donors (Lipinski definition) is 2. The molecular weight excluding hydrogens is 252 g/mol. The average molecular weight is 272 g/mol. The molecule has 0 aromatic carbocycles. The Bertz CT molecular complexity index is 520. The smallest absolute Gasteiger partial charge is 0.245 e. The van der Waals surface area contributed by atoms with Gasteiger partial charge in [-0.15, -0.1) is 0 Å². The largest absolute Gasteiger partial charge is 0.366 e. The average Bonchev–Trinajstić information content (AvgIpc) is 2.28. The van der Waals surface area contributed by atoms with E-state index >= 15 is 0 Å². The van der Waals surface area contributed by atoms with Gasteiger partial charge in [0.1, 0.15) is 4.90 Å². The Hall–Kier alpha value is -1.14. The predicted molar refractivity (Wildman–Crippen MR) is 70.9 cm³/mol. The van der Waals surface area contributed by atoms with E-state index in [1.165, 1.54) is 18.5 Å². The molecule has 1 rings (SSSR count). The molecule has 0 aliphatic carbocycles. The zero-order valence-corrected chi connectivity index (χ0v) is 11.6. The maximum atomic E-state index is 11.8. The molecule has 0 fully saturated rings. The molecule has 0 aliphatic rings. The van der Waals surface area contributed by atoms with Crippen molar-refractivity contribution in [3.63, 3.8) is 0 Å². The van der Waals surface area contributed by atoms with Crippen molar-refractivity contribution in [1.82, 2.24) is 9.71 Å². The minimum atomic E-state index is -3.69. The van der Waals surface area contributed by atoms with E-state index in [0.717, 1.165) is 19.3 Å². The van der Waals surface area contributed by atoms with Crippen LogP contribution < -0.4 is 10.2 Å². The van der Waals surface area contributed by atoms with Gasteiger partial charge in [-0.2, -0.15) is 0 Å². The first-order valence-electron chi connectivity index (χ1n) is 6.10. The maximum Gasteiger partial charge on any atom is 0.245 e. The lowest BCUT2D eigenvalue weighted by Gasteiger charge is -2.07. The van der Waals surface area contributed by atoms with Gasteiger partial charge < -0.3 is 4.98 Å². The Kier molecular flexibility index (Phi) is 5.55. The van der Waals surface area contributed by atoms with Crippen LogP contribution in [0.1, 0.15) is 33.1 Å². The van der Waals surface area contributed by atoms with Crippen molar-refractivity contribution in [2.75, 3.05) is 6.54 Å². The Balaban J connectivity index is 2.51. The number of hydrogen-bond acceptors (Lipinski definition) is 3. The van der Waals surface area contributed by atoms with Gasteiger partial charge in [0.25, 0.3) is 0 Å². The van der Waals surface area contributed by atoms with E-state index in [4.69, 9.17) is 0 Å². The van der Waals surface area contributed by atoms with Gasteiger partial charge in [0.2, 0.25) is 15.5 Å². The summed E-state index contributed by atoms with van der Waals surface area (Å²) in [6.07, 6.45) is 5.45. The second kappa shape index (κ2) is 6.70. The van der Waals surface area contributed by atoms with Gasteiger partial charge in [-0.1, -0.05) is 26.7 Å². The summed E-state index contributed by atoms with van der Waals surface area (Å²) < 4.78 is 26.1. The van der Waals surface area contributed by atoms with Gasteiger partial charge in [-0.05, 0) is 12.3 Å². The van der Waals surface area contributed by atoms with Crippen LogP contribution in [0.25, 0.3) is 0 Å². The lowest BCUT2D eigenvalue weighted by molar-refractivity contribution is 0.530. The highest BCUT2D eigenvalue weighted by molar-refractivity contribution is 7.89. The Morgan fingerprint density at radius 3 is 2.67 bits per heavy atom. The van der Waals surface area contributed by atoms with Crippen molar-refractivity contribution in [3.05, 3.63) is 28.7 Å². The van der Waals surface area contributed by atoms with Crippen LogP contribution in [0, 0.1) is 5.92 Å². The number of rotatable bonds is 7. The number of unbranched alkanes of at least 4 members (excludes halogenated alkanes) is 1. The lowest BCUT2D eigenvalue weighted by atomic mass is 10.1. The van der Waals surface area contributed by atoms with E-state index in [1.54, 1.807) is 0 Å². The fraction of sp³-hybridized carbons (Fsp3) is 0.583. The van der Waals surface area contributed by atoms with Crippen LogP contribution in [0.15, 0.2) is 28.2 Å². The van der Waals surface area contributed by atoms with Crippen LogP contribution in [0.5, 0.6) is 0 Å². The van der Waals surface area contributed by atoms with Crippen molar-refractivity contribution < 1.29 is 8.42 Å². The van der Waals surface area contributed by atoms with Crippen LogP contribution in [-0.2, 0) is 10.0 Å². The van der Waals surface area contributed by atoms with E-state index in [-0.39, 0.29) is 4.90 Å². The molecule has 2 N–H and O–H groups in total. The molecule has 0 aliphatic heterocycles. The first kappa shape index (κ1) is 14.9. The standard InChI is InChI=1S/C12H20N2O3S/c1-10(2)5-3-4-7-14-18(16,17)12-9-13-8-6-11(12)15/h6,8-10,14H,3-5,7H2,1-2H3,(H,13,15). The van der Waals surface area contributed by atoms with Crippen LogP contribution in [0.2, 0.25) is 0 Å². The zero-order valence-electron chi connectivity index (χ0n) is 10.8. The Morgan fingerprint density at radius 2 is 2.06 bits per heavy atom. The summed E-state index contributed by atoms with van der Waals surface area (Å²) in [5, 5.41) is 0. The molecule has 102 valence electrons. The number of sulfonamides is 1. The summed E-state index contributed by atoms with van der Waals surface area (Å²) in [7, 11) is -3.69. The summed E-state index contributed by atoms with van der Waals surface area (Å²) >= 11 is 0. The Labute approximate surface area is 108 Å². The highest BCUT2D eigenvalue weighted by Crippen LogP contribution is 2.06. The van der Waals surface area contributed by atoms with Gasteiger partial charge in [-0.25, -0.2) is 13.1 Å². The van der Waals surface area contributed by atoms with Gasteiger partial charge in [-0.3, -0.25) is 4.79 Å². The van der Waals surface area contributed by atoms with Crippen LogP contribution in [0.3, 0.4) is 0 Å². The second-order valence-corrected chi connectivity index (χ2v) is 6.40. The molecule has 1 aromatic heterocycles. The third-order valence-electron chi connectivity index (χ3n) is 2.58. The highest BCUT2D eigenvalue weighted by Gasteiger charge is 2.16. The molecule has 1 heterocycles. The third-order valence-corrected chi connectivity index (χ3v) is 4.06. The predicted octanol–water partition coefficient (Wildman–Crippen LogP) is 1.48. The summed E-state index contributed by atoms with van der Waals surface area (Å²) in [5.74, 6) is 0.624. The van der Waals surface area contributed by atoms with Crippen molar-refractivity contribution in [2.24, 2.45) is 5.92 Å². The van der Waals surface area contributed by atoms with E-state index in [9.17, 15) is 13.2 Å². The molecule has 0 saturated carbocycles. The minimum absolute atomic E-state index is 0.228. The first-order valence-corrected chi connectivity index (χ1v) is 7.58. The minimum Gasteiger partial charge on any atom is -0.366 e. The topological polar surface area (TPSA) is 79.0 Å². The van der Waals surface area contributed by atoms with E-state index < -0.39 is 15.5 Å². The van der Waals surface area contributed by atoms with Crippen LogP contribution in [0.4, 0.5) is 0 Å². The van der Waals surface area contributed by atoms with E-state index in [2.05, 4.69) is 23.6 Å². The Morgan fingerprint density at radius 1 is 1.33 bits per heavy atom. The molecule has 0 bridgehead atoms. The second-order valence-electron chi connectivity index (χ2n) is 4.66. The van der Waals surface area contributed by atoms with Crippen molar-refractivity contribution >= 4 is 10.0 Å². The molecule has 5 nitrogen and oxygen atoms in total. The van der Waals surface area contributed by atoms with Gasteiger partial charge in [0.15, 0.2) is 0 Å². The van der Waals surface area contributed by atoms with Gasteiger partial charge in [0, 0.05) is 25.0 Å². The number of aromatic nitrogens is 1. The molecule has 0 amide bonds. The molecule has 0 spiro atoms. The summed E-state index contributed by atoms with van der Waals surface area (Å²) in [6, 6.07) is 1.20. The lowest BCUT2D eigenvalue weighted by Crippen LogP contribution is -2.29. The third kappa shape index (κ3) is 4.62. The summed E-state index contributed by atoms with van der Waals surface area (Å²) in [5.41, 5.74) is -0.497. The molecular formula is C12H20N2O3S. The molecule has 0 atom stereocenters. The van der Waals surface area contributed by atoms with Crippen LogP contribution >= 0.6 is 0 Å². The van der Waals surface area contributed by atoms with E-state index in [0.29, 0.717) is 12.5 Å². The summed E-state index contributed by atoms with van der Waals surface area (Å²) in [4.78, 5) is 13.8. The maximum absolute atomic E-state index is 11.8. The van der Waals surface area contributed by atoms with Gasteiger partial charge >= 0.3 is 0 Å². The van der Waals surface area contributed by atoms with Crippen molar-refractivity contribution in [3.8, 4) is 0 Å². The number of nitrogens with one attached hydrogen (secondary N) is 2. The zero-order chi connectivity index (χ0) is 13.6. The van der Waals surface area contributed by atoms with Gasteiger partial charge in [0.05, 0.1) is 0 Å². The quantitative estimate of drug-likeness (QED) is 0.738. The molecule has 1 aromatic rings. The number of aromatic amines is 1. The number of pyridine rings is 1. The summed E-state index contributed by atoms with van der Waals surface area (Å²) in [6.45, 7) is 4.63. The molecule has 0 unspecified atom stereocenters. The molecule has 18 heavy (non-hydrogen) atoms. The fourth-order valence-corrected chi connectivity index (χ4v) is 2.70. The van der Waals surface area contributed by atoms with Crippen molar-refractivity contribution in [1.29, 1.82) is 0 Å². The number of H-pyrrole nitrogens is 1. The first-order chi connectivity index (χ1) is 8.43. The van der Waals surface area contributed by atoms with E-state index in [1.807, 2.05) is 0 Å². The highest BCUT2D eigenvalue weighted by atomic mass is 32.2. The fourth-order valence-electron chi connectivity index (χ4n) is 1.57. The van der Waals surface area contributed by atoms with Crippen molar-refractivity contribution in [2.45, 2.75) is 38.0 Å². The van der Waals surface area contributed by atoms with Crippen LogP contribution in [-0.4, -0.2) is 19.9 Å². The normalized spacial score (nSPS) is 11.9. The molecule has 0 saturated heterocycles. The SMILES string of the molecule is CC(C)CCCCNS(=O)(=O)c1c[nH]ccc1=O. The molecule has 0 radical (unpaired) electrons. The monoisotopic (exact) mass is 272 g/mol. The molecule has 6 heteroatoms.